The normalized spacial score (nSPS) is 30.2. The monoisotopic (exact) mass is 525 g/mol. The van der Waals surface area contributed by atoms with E-state index in [1.54, 1.807) is 13.0 Å². The Labute approximate surface area is 221 Å². The van der Waals surface area contributed by atoms with Crippen molar-refractivity contribution >= 4 is 18.5 Å². The van der Waals surface area contributed by atoms with Crippen LogP contribution in [0.1, 0.15) is 68.1 Å². The summed E-state index contributed by atoms with van der Waals surface area (Å²) in [6, 6.07) is 11.1. The van der Waals surface area contributed by atoms with Crippen LogP contribution in [0.5, 0.6) is 11.5 Å². The highest BCUT2D eigenvalue weighted by Gasteiger charge is 2.67. The number of hydrogen-bond donors (Lipinski definition) is 3. The molecule has 38 heavy (non-hydrogen) atoms. The number of alkyl halides is 2. The van der Waals surface area contributed by atoms with E-state index in [4.69, 9.17) is 9.47 Å². The van der Waals surface area contributed by atoms with E-state index in [2.05, 4.69) is 5.32 Å². The molecule has 2 aromatic carbocycles. The molecule has 3 N–H and O–H groups in total. The maximum atomic E-state index is 15.5. The number of ether oxygens (including phenoxy) is 2. The number of nitrogens with one attached hydrogen (secondary N) is 1. The number of aryl methyl sites for hydroxylation is 1. The highest BCUT2D eigenvalue weighted by atomic mass is 19.3. The van der Waals surface area contributed by atoms with Gasteiger partial charge in [0.05, 0.1) is 0 Å². The van der Waals surface area contributed by atoms with Gasteiger partial charge in [0.15, 0.2) is 11.5 Å². The Kier molecular flexibility index (Phi) is 6.42. The van der Waals surface area contributed by atoms with Crippen molar-refractivity contribution in [2.75, 3.05) is 6.79 Å². The lowest BCUT2D eigenvalue weighted by molar-refractivity contribution is -0.133. The molecule has 2 saturated carbocycles. The molecular formula is C29H34BF2NO5. The van der Waals surface area contributed by atoms with Gasteiger partial charge in [0.1, 0.15) is 0 Å². The van der Waals surface area contributed by atoms with Crippen molar-refractivity contribution in [3.63, 3.8) is 0 Å². The van der Waals surface area contributed by atoms with Gasteiger partial charge in [0.2, 0.25) is 12.7 Å². The predicted octanol–water partition coefficient (Wildman–Crippen LogP) is 3.91. The van der Waals surface area contributed by atoms with Crippen LogP contribution >= 0.6 is 0 Å². The third-order valence-electron chi connectivity index (χ3n) is 9.83. The van der Waals surface area contributed by atoms with E-state index >= 15 is 8.78 Å². The third-order valence-corrected chi connectivity index (χ3v) is 9.83. The molecule has 1 aliphatic heterocycles. The summed E-state index contributed by atoms with van der Waals surface area (Å²) in [5, 5.41) is 22.1. The number of fused-ring (bicyclic) bond motifs is 6. The molecule has 6 nitrogen and oxygen atoms in total. The standard InChI is InChI=1S/C29H34BF2NO5/c1-28-11-10-22-21-7-5-20(30(35)36)13-18(21)3-6-23(22)27(28)19(14-29(28,31)32)4-9-26(34)33-15-17-2-8-24-25(12-17)38-16-37-24/h2,5,7-8,12-13,19,22-23,27,35-36H,3-4,6,9-11,14-16H2,1H3,(H,33,34)/t19-,22-,23-,27+,28+/m1/s1. The highest BCUT2D eigenvalue weighted by molar-refractivity contribution is 6.58. The average Bonchev–Trinajstić information content (AvgIpc) is 3.44. The van der Waals surface area contributed by atoms with E-state index in [1.165, 1.54) is 5.56 Å². The first-order chi connectivity index (χ1) is 18.2. The molecule has 0 spiro atoms. The predicted molar refractivity (Wildman–Crippen MR) is 138 cm³/mol. The average molecular weight is 525 g/mol. The maximum Gasteiger partial charge on any atom is 0.488 e. The zero-order valence-corrected chi connectivity index (χ0v) is 21.6. The molecule has 0 unspecified atom stereocenters. The molecule has 3 aliphatic carbocycles. The molecule has 2 aromatic rings. The molecule has 4 aliphatic rings. The number of halogens is 2. The molecule has 1 heterocycles. The van der Waals surface area contributed by atoms with Gasteiger partial charge in [0, 0.05) is 24.8 Å². The van der Waals surface area contributed by atoms with Gasteiger partial charge in [-0.25, -0.2) is 8.78 Å². The van der Waals surface area contributed by atoms with Gasteiger partial charge in [-0.1, -0.05) is 31.2 Å². The van der Waals surface area contributed by atoms with Crippen LogP contribution in [0.4, 0.5) is 8.78 Å². The molecule has 0 radical (unpaired) electrons. The molecule has 0 bridgehead atoms. The van der Waals surface area contributed by atoms with Crippen LogP contribution in [0.3, 0.4) is 0 Å². The molecule has 6 rings (SSSR count). The largest absolute Gasteiger partial charge is 0.488 e. The molecule has 2 fully saturated rings. The Morgan fingerprint density at radius 3 is 2.76 bits per heavy atom. The summed E-state index contributed by atoms with van der Waals surface area (Å²) in [5.41, 5.74) is 2.59. The van der Waals surface area contributed by atoms with E-state index < -0.39 is 18.5 Å². The lowest BCUT2D eigenvalue weighted by Crippen LogP contribution is -2.48. The Hall–Kier alpha value is -2.65. The Balaban J connectivity index is 1.14. The molecule has 5 atom stereocenters. The van der Waals surface area contributed by atoms with Crippen LogP contribution in [0.15, 0.2) is 36.4 Å². The van der Waals surface area contributed by atoms with Crippen molar-refractivity contribution in [1.29, 1.82) is 0 Å². The zero-order valence-electron chi connectivity index (χ0n) is 21.6. The van der Waals surface area contributed by atoms with Gasteiger partial charge in [0.25, 0.3) is 5.92 Å². The minimum absolute atomic E-state index is 0.129. The fourth-order valence-corrected chi connectivity index (χ4v) is 7.94. The Bertz CT molecular complexity index is 1240. The first kappa shape index (κ1) is 25.6. The quantitative estimate of drug-likeness (QED) is 0.498. The summed E-state index contributed by atoms with van der Waals surface area (Å²) in [5.74, 6) is -1.55. The summed E-state index contributed by atoms with van der Waals surface area (Å²) in [4.78, 5) is 12.7. The van der Waals surface area contributed by atoms with Crippen molar-refractivity contribution in [2.24, 2.45) is 23.2 Å². The second-order valence-corrected chi connectivity index (χ2v) is 11.8. The lowest BCUT2D eigenvalue weighted by Gasteiger charge is -2.51. The zero-order chi connectivity index (χ0) is 26.7. The molecular weight excluding hydrogens is 491 g/mol. The summed E-state index contributed by atoms with van der Waals surface area (Å²) >= 11 is 0. The maximum absolute atomic E-state index is 15.5. The number of amides is 1. The van der Waals surface area contributed by atoms with Crippen molar-refractivity contribution in [3.8, 4) is 11.5 Å². The van der Waals surface area contributed by atoms with Gasteiger partial charge in [-0.05, 0) is 90.1 Å². The van der Waals surface area contributed by atoms with Gasteiger partial charge < -0.3 is 24.8 Å². The van der Waals surface area contributed by atoms with Gasteiger partial charge >= 0.3 is 7.12 Å². The van der Waals surface area contributed by atoms with Crippen LogP contribution in [0.25, 0.3) is 0 Å². The lowest BCUT2D eigenvalue weighted by atomic mass is 9.53. The van der Waals surface area contributed by atoms with E-state index in [0.29, 0.717) is 42.8 Å². The van der Waals surface area contributed by atoms with E-state index in [-0.39, 0.29) is 49.2 Å². The van der Waals surface area contributed by atoms with Crippen molar-refractivity contribution < 1.29 is 33.1 Å². The van der Waals surface area contributed by atoms with Crippen LogP contribution in [-0.2, 0) is 17.8 Å². The smallest absolute Gasteiger partial charge is 0.454 e. The van der Waals surface area contributed by atoms with Gasteiger partial charge in [-0.3, -0.25) is 4.79 Å². The molecule has 0 aromatic heterocycles. The third kappa shape index (κ3) is 4.28. The van der Waals surface area contributed by atoms with Crippen molar-refractivity contribution in [1.82, 2.24) is 5.32 Å². The number of carbonyl (C=O) groups excluding carboxylic acids is 1. The molecule has 1 amide bonds. The van der Waals surface area contributed by atoms with E-state index in [0.717, 1.165) is 24.0 Å². The highest BCUT2D eigenvalue weighted by Crippen LogP contribution is 2.68. The van der Waals surface area contributed by atoms with E-state index in [9.17, 15) is 14.8 Å². The number of carbonyl (C=O) groups is 1. The Morgan fingerprint density at radius 1 is 1.13 bits per heavy atom. The summed E-state index contributed by atoms with van der Waals surface area (Å²) < 4.78 is 41.8. The first-order valence-corrected chi connectivity index (χ1v) is 13.7. The number of benzene rings is 2. The van der Waals surface area contributed by atoms with Crippen LogP contribution in [0, 0.1) is 23.2 Å². The minimum atomic E-state index is -2.75. The van der Waals surface area contributed by atoms with E-state index in [1.807, 2.05) is 30.3 Å². The molecule has 0 saturated heterocycles. The fourth-order valence-electron chi connectivity index (χ4n) is 7.94. The minimum Gasteiger partial charge on any atom is -0.454 e. The number of rotatable bonds is 6. The van der Waals surface area contributed by atoms with Crippen LogP contribution < -0.4 is 20.3 Å². The number of hydrogen-bond acceptors (Lipinski definition) is 5. The van der Waals surface area contributed by atoms with Gasteiger partial charge in [-0.15, -0.1) is 0 Å². The fraction of sp³-hybridized carbons (Fsp3) is 0.552. The molecule has 202 valence electrons. The summed E-state index contributed by atoms with van der Waals surface area (Å²) in [6.45, 7) is 2.31. The van der Waals surface area contributed by atoms with Crippen LogP contribution in [-0.4, -0.2) is 35.8 Å². The molecule has 9 heteroatoms. The second kappa shape index (κ2) is 9.52. The summed E-state index contributed by atoms with van der Waals surface area (Å²) in [6.07, 6.45) is 3.25. The van der Waals surface area contributed by atoms with Gasteiger partial charge in [-0.2, -0.15) is 0 Å². The summed E-state index contributed by atoms with van der Waals surface area (Å²) in [7, 11) is -1.51. The SMILES string of the molecule is C[C@]12CC[C@@H]3c4ccc(B(O)O)cc4CC[C@H]3[C@@H]1[C@H](CCC(=O)NCc1ccc3c(c1)OCO3)CC2(F)F. The topological polar surface area (TPSA) is 88.0 Å². The second-order valence-electron chi connectivity index (χ2n) is 11.8. The van der Waals surface area contributed by atoms with Crippen LogP contribution in [0.2, 0.25) is 0 Å². The Morgan fingerprint density at radius 2 is 1.95 bits per heavy atom. The first-order valence-electron chi connectivity index (χ1n) is 13.7. The van der Waals surface area contributed by atoms with Crippen molar-refractivity contribution in [2.45, 2.75) is 70.3 Å². The van der Waals surface area contributed by atoms with Crippen molar-refractivity contribution in [3.05, 3.63) is 53.1 Å².